The molecule has 2 heterocycles. The molecule has 1 unspecified atom stereocenters. The Morgan fingerprint density at radius 2 is 1.74 bits per heavy atom. The summed E-state index contributed by atoms with van der Waals surface area (Å²) in [5, 5.41) is 11.2. The molecule has 8 nitrogen and oxygen atoms in total. The molecule has 38 heavy (non-hydrogen) atoms. The number of benzene rings is 2. The predicted octanol–water partition coefficient (Wildman–Crippen LogP) is 4.43. The molecule has 1 atom stereocenters. The summed E-state index contributed by atoms with van der Waals surface area (Å²) in [6.45, 7) is 3.76. The molecule has 2 aromatic carbocycles. The quantitative estimate of drug-likeness (QED) is 0.229. The number of ketones is 1. The Morgan fingerprint density at radius 1 is 1.00 bits per heavy atom. The van der Waals surface area contributed by atoms with Crippen molar-refractivity contribution in [3.63, 3.8) is 0 Å². The Labute approximate surface area is 223 Å². The van der Waals surface area contributed by atoms with Gasteiger partial charge in [-0.05, 0) is 69.4 Å². The topological polar surface area (TPSA) is 92.2 Å². The summed E-state index contributed by atoms with van der Waals surface area (Å²) in [7, 11) is 3.91. The molecule has 1 N–H and O–H groups in total. The molecule has 198 valence electrons. The van der Waals surface area contributed by atoms with E-state index in [1.807, 2.05) is 62.3 Å². The van der Waals surface area contributed by atoms with Crippen LogP contribution in [0.3, 0.4) is 0 Å². The summed E-state index contributed by atoms with van der Waals surface area (Å²) in [5.41, 5.74) is 2.14. The van der Waals surface area contributed by atoms with Gasteiger partial charge in [0, 0.05) is 24.5 Å². The van der Waals surface area contributed by atoms with E-state index in [-0.39, 0.29) is 11.3 Å². The third-order valence-corrected chi connectivity index (χ3v) is 6.32. The fourth-order valence-electron chi connectivity index (χ4n) is 4.50. The molecule has 0 bridgehead atoms. The van der Waals surface area contributed by atoms with E-state index in [0.717, 1.165) is 12.1 Å². The number of aliphatic hydroxyl groups excluding tert-OH is 1. The maximum absolute atomic E-state index is 13.3. The number of aromatic nitrogens is 1. The highest BCUT2D eigenvalue weighted by Crippen LogP contribution is 2.42. The van der Waals surface area contributed by atoms with Crippen molar-refractivity contribution in [3.05, 3.63) is 95.3 Å². The van der Waals surface area contributed by atoms with Crippen molar-refractivity contribution in [1.29, 1.82) is 0 Å². The number of pyridine rings is 1. The van der Waals surface area contributed by atoms with Gasteiger partial charge in [0.25, 0.3) is 11.7 Å². The first-order valence-corrected chi connectivity index (χ1v) is 12.7. The van der Waals surface area contributed by atoms with Gasteiger partial charge in [0.15, 0.2) is 11.5 Å². The van der Waals surface area contributed by atoms with Crippen LogP contribution in [0.2, 0.25) is 0 Å². The van der Waals surface area contributed by atoms with Gasteiger partial charge in [0.05, 0.1) is 18.2 Å². The summed E-state index contributed by atoms with van der Waals surface area (Å²) in [4.78, 5) is 34.0. The fourth-order valence-corrected chi connectivity index (χ4v) is 4.50. The minimum absolute atomic E-state index is 0.0476. The van der Waals surface area contributed by atoms with Crippen molar-refractivity contribution in [2.75, 3.05) is 33.8 Å². The molecule has 0 spiro atoms. The molecular formula is C30H33N3O5. The van der Waals surface area contributed by atoms with E-state index in [9.17, 15) is 14.7 Å². The van der Waals surface area contributed by atoms with Crippen LogP contribution in [0.1, 0.15) is 36.1 Å². The summed E-state index contributed by atoms with van der Waals surface area (Å²) in [6, 6.07) is 17.7. The fraction of sp³-hybridized carbons (Fsp3) is 0.300. The Balaban J connectivity index is 1.74. The third-order valence-electron chi connectivity index (χ3n) is 6.32. The summed E-state index contributed by atoms with van der Waals surface area (Å²) < 4.78 is 12.0. The molecule has 0 saturated carbocycles. The zero-order valence-corrected chi connectivity index (χ0v) is 22.0. The highest BCUT2D eigenvalue weighted by Gasteiger charge is 2.46. The molecule has 1 aliphatic heterocycles. The van der Waals surface area contributed by atoms with E-state index in [4.69, 9.17) is 9.47 Å². The monoisotopic (exact) mass is 515 g/mol. The van der Waals surface area contributed by atoms with E-state index in [2.05, 4.69) is 4.98 Å². The van der Waals surface area contributed by atoms with Gasteiger partial charge in [0.2, 0.25) is 0 Å². The number of nitrogens with zero attached hydrogens (tertiary/aromatic N) is 3. The number of likely N-dealkylation sites (tertiary alicyclic amines) is 1. The summed E-state index contributed by atoms with van der Waals surface area (Å²) in [5.74, 6) is -0.515. The van der Waals surface area contributed by atoms with Gasteiger partial charge in [-0.3, -0.25) is 14.6 Å². The first kappa shape index (κ1) is 26.9. The second-order valence-corrected chi connectivity index (χ2v) is 9.30. The molecule has 1 amide bonds. The maximum atomic E-state index is 13.3. The van der Waals surface area contributed by atoms with Gasteiger partial charge < -0.3 is 24.4 Å². The largest absolute Gasteiger partial charge is 0.507 e. The molecule has 1 aromatic heterocycles. The van der Waals surface area contributed by atoms with Crippen LogP contribution in [-0.2, 0) is 16.2 Å². The number of rotatable bonds is 11. The molecule has 1 fully saturated rings. The van der Waals surface area contributed by atoms with E-state index in [0.29, 0.717) is 48.8 Å². The normalized spacial score (nSPS) is 16.7. The Hall–Kier alpha value is -4.17. The number of carbonyl (C=O) groups excluding carboxylic acids is 2. The predicted molar refractivity (Wildman–Crippen MR) is 145 cm³/mol. The lowest BCUT2D eigenvalue weighted by Gasteiger charge is -2.26. The second kappa shape index (κ2) is 12.4. The van der Waals surface area contributed by atoms with Crippen molar-refractivity contribution >= 4 is 17.4 Å². The standard InChI is InChI=1S/C30H33N3O5/c1-4-37-25-19-23(11-12-24(25)38-20-21-9-6-5-7-10-21)27-26(28(34)22-13-15-31-16-14-22)29(35)30(36)33(27)18-8-17-32(2)3/h5-7,9-16,19,27,34H,4,8,17-18,20H2,1-3H3/b28-26+. The SMILES string of the molecule is CCOc1cc(C2/C(=C(\O)c3ccncc3)C(=O)C(=O)N2CCCN(C)C)ccc1OCc1ccccc1. The lowest BCUT2D eigenvalue weighted by Crippen LogP contribution is -2.32. The van der Waals surface area contributed by atoms with Crippen LogP contribution >= 0.6 is 0 Å². The molecule has 0 radical (unpaired) electrons. The molecule has 1 saturated heterocycles. The minimum atomic E-state index is -0.771. The Morgan fingerprint density at radius 3 is 2.42 bits per heavy atom. The number of Topliss-reactive ketones (excluding diaryl/α,β-unsaturated/α-hetero) is 1. The number of ether oxygens (including phenoxy) is 2. The second-order valence-electron chi connectivity index (χ2n) is 9.30. The molecule has 3 aromatic rings. The van der Waals surface area contributed by atoms with Crippen LogP contribution < -0.4 is 9.47 Å². The summed E-state index contributed by atoms with van der Waals surface area (Å²) in [6.07, 6.45) is 3.73. The van der Waals surface area contributed by atoms with Crippen LogP contribution in [-0.4, -0.2) is 65.4 Å². The van der Waals surface area contributed by atoms with Gasteiger partial charge >= 0.3 is 0 Å². The van der Waals surface area contributed by atoms with E-state index >= 15 is 0 Å². The van der Waals surface area contributed by atoms with Crippen LogP contribution in [0.5, 0.6) is 11.5 Å². The van der Waals surface area contributed by atoms with Gasteiger partial charge in [-0.15, -0.1) is 0 Å². The molecule has 8 heteroatoms. The Bertz CT molecular complexity index is 1290. The molecular weight excluding hydrogens is 482 g/mol. The van der Waals surface area contributed by atoms with Crippen molar-refractivity contribution in [1.82, 2.24) is 14.8 Å². The first-order chi connectivity index (χ1) is 18.4. The number of hydrogen-bond acceptors (Lipinski definition) is 7. The van der Waals surface area contributed by atoms with Crippen LogP contribution in [0.25, 0.3) is 5.76 Å². The minimum Gasteiger partial charge on any atom is -0.507 e. The van der Waals surface area contributed by atoms with Gasteiger partial charge in [0.1, 0.15) is 12.4 Å². The molecule has 4 rings (SSSR count). The lowest BCUT2D eigenvalue weighted by molar-refractivity contribution is -0.139. The zero-order valence-electron chi connectivity index (χ0n) is 22.0. The van der Waals surface area contributed by atoms with Gasteiger partial charge in [-0.2, -0.15) is 0 Å². The van der Waals surface area contributed by atoms with E-state index in [1.165, 1.54) is 17.3 Å². The smallest absolute Gasteiger partial charge is 0.295 e. The highest BCUT2D eigenvalue weighted by atomic mass is 16.5. The van der Waals surface area contributed by atoms with E-state index < -0.39 is 17.7 Å². The lowest BCUT2D eigenvalue weighted by atomic mass is 9.95. The number of aliphatic hydroxyl groups is 1. The van der Waals surface area contributed by atoms with Gasteiger partial charge in [-0.25, -0.2) is 0 Å². The number of carbonyl (C=O) groups is 2. The van der Waals surface area contributed by atoms with Crippen LogP contribution in [0.15, 0.2) is 78.6 Å². The van der Waals surface area contributed by atoms with Crippen molar-refractivity contribution in [3.8, 4) is 11.5 Å². The van der Waals surface area contributed by atoms with Crippen LogP contribution in [0.4, 0.5) is 0 Å². The first-order valence-electron chi connectivity index (χ1n) is 12.7. The average Bonchev–Trinajstić information content (AvgIpc) is 3.18. The maximum Gasteiger partial charge on any atom is 0.295 e. The van der Waals surface area contributed by atoms with Gasteiger partial charge in [-0.1, -0.05) is 36.4 Å². The Kier molecular flexibility index (Phi) is 8.76. The number of hydrogen-bond donors (Lipinski definition) is 1. The third kappa shape index (κ3) is 6.03. The molecule has 1 aliphatic rings. The van der Waals surface area contributed by atoms with E-state index in [1.54, 1.807) is 24.3 Å². The van der Waals surface area contributed by atoms with Crippen molar-refractivity contribution in [2.45, 2.75) is 26.0 Å². The molecule has 0 aliphatic carbocycles. The zero-order chi connectivity index (χ0) is 27.1. The average molecular weight is 516 g/mol. The van der Waals surface area contributed by atoms with Crippen LogP contribution in [0, 0.1) is 0 Å². The summed E-state index contributed by atoms with van der Waals surface area (Å²) >= 11 is 0. The number of amides is 1. The van der Waals surface area contributed by atoms with Crippen molar-refractivity contribution in [2.24, 2.45) is 0 Å². The van der Waals surface area contributed by atoms with Crippen molar-refractivity contribution < 1.29 is 24.2 Å². The highest BCUT2D eigenvalue weighted by molar-refractivity contribution is 6.46.